The number of piperazine rings is 1. The number of hydrogen-bond acceptors (Lipinski definition) is 4. The molecule has 2 heterocycles. The van der Waals surface area contributed by atoms with Crippen LogP contribution < -0.4 is 10.6 Å². The Morgan fingerprint density at radius 1 is 1.42 bits per heavy atom. The van der Waals surface area contributed by atoms with Crippen molar-refractivity contribution in [3.63, 3.8) is 0 Å². The second kappa shape index (κ2) is 5.75. The molecule has 0 unspecified atom stereocenters. The highest BCUT2D eigenvalue weighted by Crippen LogP contribution is 2.15. The summed E-state index contributed by atoms with van der Waals surface area (Å²) < 4.78 is 5.45. The third-order valence-corrected chi connectivity index (χ3v) is 3.68. The Balaban J connectivity index is 1.90. The van der Waals surface area contributed by atoms with Crippen molar-refractivity contribution in [3.8, 4) is 0 Å². The van der Waals surface area contributed by atoms with E-state index in [1.54, 1.807) is 0 Å². The zero-order chi connectivity index (χ0) is 13.9. The van der Waals surface area contributed by atoms with Crippen molar-refractivity contribution in [1.82, 2.24) is 15.5 Å². The fraction of sp³-hybridized carbons (Fsp3) is 0.643. The number of rotatable bonds is 4. The van der Waals surface area contributed by atoms with Crippen molar-refractivity contribution in [2.24, 2.45) is 0 Å². The van der Waals surface area contributed by atoms with Crippen LogP contribution in [0.1, 0.15) is 25.4 Å². The van der Waals surface area contributed by atoms with E-state index < -0.39 is 5.54 Å². The van der Waals surface area contributed by atoms with Gasteiger partial charge in [0.05, 0.1) is 12.1 Å². The monoisotopic (exact) mass is 265 g/mol. The summed E-state index contributed by atoms with van der Waals surface area (Å²) in [6.07, 6.45) is 0. The van der Waals surface area contributed by atoms with E-state index in [1.807, 2.05) is 32.9 Å². The van der Waals surface area contributed by atoms with Crippen molar-refractivity contribution >= 4 is 5.91 Å². The second-order valence-corrected chi connectivity index (χ2v) is 5.49. The lowest BCUT2D eigenvalue weighted by molar-refractivity contribution is -0.132. The lowest BCUT2D eigenvalue weighted by Crippen LogP contribution is -2.59. The zero-order valence-electron chi connectivity index (χ0n) is 12.0. The van der Waals surface area contributed by atoms with Gasteiger partial charge in [0.25, 0.3) is 0 Å². The molecule has 106 valence electrons. The van der Waals surface area contributed by atoms with Crippen molar-refractivity contribution in [2.75, 3.05) is 26.2 Å². The van der Waals surface area contributed by atoms with E-state index in [9.17, 15) is 4.79 Å². The van der Waals surface area contributed by atoms with Crippen LogP contribution in [-0.4, -0.2) is 42.5 Å². The number of carbonyl (C=O) groups excluding carboxylic acids is 1. The maximum Gasteiger partial charge on any atom is 0.240 e. The number of hydrogen-bond donors (Lipinski definition) is 2. The molecule has 2 N–H and O–H groups in total. The molecule has 1 aliphatic rings. The summed E-state index contributed by atoms with van der Waals surface area (Å²) >= 11 is 0. The first-order valence-corrected chi connectivity index (χ1v) is 6.79. The molecular formula is C14H23N3O2. The van der Waals surface area contributed by atoms with Gasteiger partial charge in [-0.1, -0.05) is 0 Å². The Morgan fingerprint density at radius 2 is 2.11 bits per heavy atom. The van der Waals surface area contributed by atoms with Crippen LogP contribution in [0.25, 0.3) is 0 Å². The van der Waals surface area contributed by atoms with Gasteiger partial charge in [0.15, 0.2) is 0 Å². The van der Waals surface area contributed by atoms with Crippen molar-refractivity contribution < 1.29 is 9.21 Å². The van der Waals surface area contributed by atoms with E-state index in [2.05, 4.69) is 15.5 Å². The molecule has 5 heteroatoms. The molecule has 1 saturated heterocycles. The fourth-order valence-corrected chi connectivity index (χ4v) is 2.33. The van der Waals surface area contributed by atoms with Crippen LogP contribution in [0.3, 0.4) is 0 Å². The van der Waals surface area contributed by atoms with Gasteiger partial charge in [-0.15, -0.1) is 0 Å². The lowest BCUT2D eigenvalue weighted by Gasteiger charge is -2.39. The Bertz CT molecular complexity index is 434. The molecule has 1 aromatic heterocycles. The van der Waals surface area contributed by atoms with Gasteiger partial charge in [-0.2, -0.15) is 0 Å². The summed E-state index contributed by atoms with van der Waals surface area (Å²) in [5.41, 5.74) is -0.482. The second-order valence-electron chi connectivity index (χ2n) is 5.49. The van der Waals surface area contributed by atoms with E-state index in [0.29, 0.717) is 6.54 Å². The predicted octanol–water partition coefficient (Wildman–Crippen LogP) is 0.888. The zero-order valence-corrected chi connectivity index (χ0v) is 12.0. The van der Waals surface area contributed by atoms with Crippen LogP contribution >= 0.6 is 0 Å². The smallest absolute Gasteiger partial charge is 0.240 e. The largest absolute Gasteiger partial charge is 0.465 e. The standard InChI is InChI=1S/C14H23N3O2/c1-11-4-5-12(19-11)10-16-13(18)14(2,3)17-8-6-15-7-9-17/h4-5,15H,6-10H2,1-3H3,(H,16,18). The van der Waals surface area contributed by atoms with Crippen LogP contribution in [0.15, 0.2) is 16.5 Å². The lowest BCUT2D eigenvalue weighted by atomic mass is 10.0. The third kappa shape index (κ3) is 3.36. The molecule has 0 radical (unpaired) electrons. The molecular weight excluding hydrogens is 242 g/mol. The Labute approximate surface area is 114 Å². The first-order chi connectivity index (χ1) is 9.00. The molecule has 0 saturated carbocycles. The average molecular weight is 265 g/mol. The molecule has 0 bridgehead atoms. The summed E-state index contributed by atoms with van der Waals surface area (Å²) in [6.45, 7) is 9.98. The highest BCUT2D eigenvalue weighted by atomic mass is 16.3. The van der Waals surface area contributed by atoms with Crippen molar-refractivity contribution in [2.45, 2.75) is 32.9 Å². The van der Waals surface area contributed by atoms with E-state index in [1.165, 1.54) is 0 Å². The van der Waals surface area contributed by atoms with Gasteiger partial charge in [0.2, 0.25) is 5.91 Å². The van der Waals surface area contributed by atoms with Gasteiger partial charge >= 0.3 is 0 Å². The number of furan rings is 1. The number of nitrogens with one attached hydrogen (secondary N) is 2. The molecule has 1 aromatic rings. The molecule has 1 amide bonds. The van der Waals surface area contributed by atoms with Crippen LogP contribution in [0, 0.1) is 6.92 Å². The van der Waals surface area contributed by atoms with Crippen LogP contribution in [0.4, 0.5) is 0 Å². The average Bonchev–Trinajstić information content (AvgIpc) is 2.82. The SMILES string of the molecule is Cc1ccc(CNC(=O)C(C)(C)N2CCNCC2)o1. The molecule has 0 atom stereocenters. The molecule has 19 heavy (non-hydrogen) atoms. The summed E-state index contributed by atoms with van der Waals surface area (Å²) in [6, 6.07) is 3.80. The maximum atomic E-state index is 12.3. The van der Waals surface area contributed by atoms with E-state index in [0.717, 1.165) is 37.7 Å². The topological polar surface area (TPSA) is 57.5 Å². The van der Waals surface area contributed by atoms with Crippen LogP contribution in [0.2, 0.25) is 0 Å². The minimum atomic E-state index is -0.482. The maximum absolute atomic E-state index is 12.3. The Kier molecular flexibility index (Phi) is 4.27. The first kappa shape index (κ1) is 14.1. The van der Waals surface area contributed by atoms with Gasteiger partial charge < -0.3 is 15.1 Å². The van der Waals surface area contributed by atoms with Crippen molar-refractivity contribution in [3.05, 3.63) is 23.7 Å². The molecule has 0 aromatic carbocycles. The molecule has 5 nitrogen and oxygen atoms in total. The molecule has 0 aliphatic carbocycles. The summed E-state index contributed by atoms with van der Waals surface area (Å²) in [4.78, 5) is 14.5. The highest BCUT2D eigenvalue weighted by molar-refractivity contribution is 5.85. The Hall–Kier alpha value is -1.33. The molecule has 2 rings (SSSR count). The normalized spacial score (nSPS) is 17.4. The van der Waals surface area contributed by atoms with Gasteiger partial charge in [0.1, 0.15) is 11.5 Å². The minimum Gasteiger partial charge on any atom is -0.465 e. The molecule has 0 spiro atoms. The summed E-state index contributed by atoms with van der Waals surface area (Å²) in [7, 11) is 0. The van der Waals surface area contributed by atoms with Gasteiger partial charge in [0, 0.05) is 26.2 Å². The molecule has 1 aliphatic heterocycles. The predicted molar refractivity (Wildman–Crippen MR) is 73.8 cm³/mol. The van der Waals surface area contributed by atoms with Crippen LogP contribution in [0.5, 0.6) is 0 Å². The number of aryl methyl sites for hydroxylation is 1. The molecule has 1 fully saturated rings. The Morgan fingerprint density at radius 3 is 2.68 bits per heavy atom. The van der Waals surface area contributed by atoms with Gasteiger partial charge in [-0.25, -0.2) is 0 Å². The number of carbonyl (C=O) groups is 1. The third-order valence-electron chi connectivity index (χ3n) is 3.68. The number of nitrogens with zero attached hydrogens (tertiary/aromatic N) is 1. The fourth-order valence-electron chi connectivity index (χ4n) is 2.33. The van der Waals surface area contributed by atoms with Crippen LogP contribution in [-0.2, 0) is 11.3 Å². The summed E-state index contributed by atoms with van der Waals surface area (Å²) in [5.74, 6) is 1.70. The van der Waals surface area contributed by atoms with E-state index >= 15 is 0 Å². The van der Waals surface area contributed by atoms with Crippen molar-refractivity contribution in [1.29, 1.82) is 0 Å². The van der Waals surface area contributed by atoms with Gasteiger partial charge in [-0.3, -0.25) is 9.69 Å². The number of amides is 1. The van der Waals surface area contributed by atoms with E-state index in [4.69, 9.17) is 4.42 Å². The quantitative estimate of drug-likeness (QED) is 0.849. The minimum absolute atomic E-state index is 0.0449. The summed E-state index contributed by atoms with van der Waals surface area (Å²) in [5, 5.41) is 6.25. The highest BCUT2D eigenvalue weighted by Gasteiger charge is 2.34. The van der Waals surface area contributed by atoms with E-state index in [-0.39, 0.29) is 5.91 Å². The van der Waals surface area contributed by atoms with Gasteiger partial charge in [-0.05, 0) is 32.9 Å². The first-order valence-electron chi connectivity index (χ1n) is 6.79.